The Morgan fingerprint density at radius 1 is 0.704 bits per heavy atom. The number of Topliss-reactive ketones (excluding diaryl/α,β-unsaturated/α-hetero) is 1. The zero-order valence-electron chi connectivity index (χ0n) is 14.6. The van der Waals surface area contributed by atoms with Crippen LogP contribution in [0, 0.1) is 0 Å². The summed E-state index contributed by atoms with van der Waals surface area (Å²) in [5.74, 6) is 0.0971. The van der Waals surface area contributed by atoms with Gasteiger partial charge in [-0.1, -0.05) is 86.5 Å². The number of benzene rings is 3. The van der Waals surface area contributed by atoms with Crippen molar-refractivity contribution in [1.82, 2.24) is 5.32 Å². The Morgan fingerprint density at radius 2 is 1.26 bits per heavy atom. The molecule has 0 unspecified atom stereocenters. The molecular weight excluding hydrogens is 466 g/mol. The molecule has 0 aromatic heterocycles. The van der Waals surface area contributed by atoms with E-state index in [1.165, 1.54) is 0 Å². The van der Waals surface area contributed by atoms with Gasteiger partial charge in [0.05, 0.1) is 5.92 Å². The highest BCUT2D eigenvalue weighted by molar-refractivity contribution is 9.10. The van der Waals surface area contributed by atoms with E-state index in [4.69, 9.17) is 0 Å². The van der Waals surface area contributed by atoms with Crippen molar-refractivity contribution < 1.29 is 4.79 Å². The molecule has 0 aliphatic carbocycles. The second-order valence-corrected chi connectivity index (χ2v) is 8.69. The number of hydrogen-bond acceptors (Lipinski definition) is 2. The Balaban J connectivity index is 1.73. The van der Waals surface area contributed by atoms with E-state index in [1.54, 1.807) is 0 Å². The molecule has 0 spiro atoms. The molecular formula is C23H19Br2NO. The Hall–Kier alpha value is -1.75. The highest BCUT2D eigenvalue weighted by atomic mass is 79.9. The summed E-state index contributed by atoms with van der Waals surface area (Å²) in [5, 5.41) is 3.75. The molecule has 4 heteroatoms. The van der Waals surface area contributed by atoms with Crippen LogP contribution in [0.4, 0.5) is 0 Å². The second-order valence-electron chi connectivity index (χ2n) is 6.86. The van der Waals surface area contributed by atoms with Gasteiger partial charge in [0.2, 0.25) is 0 Å². The maximum Gasteiger partial charge on any atom is 0.144 e. The lowest BCUT2D eigenvalue weighted by molar-refractivity contribution is -0.123. The average molecular weight is 485 g/mol. The third kappa shape index (κ3) is 4.08. The van der Waals surface area contributed by atoms with Crippen molar-refractivity contribution >= 4 is 37.6 Å². The smallest absolute Gasteiger partial charge is 0.144 e. The van der Waals surface area contributed by atoms with Crippen LogP contribution in [0.5, 0.6) is 0 Å². The van der Waals surface area contributed by atoms with Crippen LogP contribution < -0.4 is 5.32 Å². The fourth-order valence-electron chi connectivity index (χ4n) is 3.79. The number of nitrogens with one attached hydrogen (secondary N) is 1. The first-order valence-electron chi connectivity index (χ1n) is 8.96. The number of halogens is 2. The molecule has 0 radical (unpaired) electrons. The van der Waals surface area contributed by atoms with Gasteiger partial charge in [0.25, 0.3) is 0 Å². The average Bonchev–Trinajstić information content (AvgIpc) is 2.69. The molecule has 2 nitrogen and oxygen atoms in total. The van der Waals surface area contributed by atoms with Gasteiger partial charge in [-0.25, -0.2) is 0 Å². The molecule has 3 aromatic rings. The van der Waals surface area contributed by atoms with Crippen molar-refractivity contribution in [1.29, 1.82) is 0 Å². The van der Waals surface area contributed by atoms with Crippen LogP contribution >= 0.6 is 31.9 Å². The third-order valence-electron chi connectivity index (χ3n) is 5.13. The fourth-order valence-corrected chi connectivity index (χ4v) is 4.32. The van der Waals surface area contributed by atoms with Gasteiger partial charge in [-0.3, -0.25) is 4.79 Å². The van der Waals surface area contributed by atoms with Gasteiger partial charge in [0.15, 0.2) is 0 Å². The lowest BCUT2D eigenvalue weighted by Gasteiger charge is -2.37. The minimum atomic E-state index is -0.181. The lowest BCUT2D eigenvalue weighted by atomic mass is 9.77. The predicted octanol–water partition coefficient (Wildman–Crippen LogP) is 6.34. The Morgan fingerprint density at radius 3 is 1.85 bits per heavy atom. The highest BCUT2D eigenvalue weighted by Gasteiger charge is 2.38. The number of hydrogen-bond donors (Lipinski definition) is 1. The summed E-state index contributed by atoms with van der Waals surface area (Å²) in [6.07, 6.45) is 0.494. The van der Waals surface area contributed by atoms with Gasteiger partial charge in [0.1, 0.15) is 5.78 Å². The molecule has 0 amide bonds. The van der Waals surface area contributed by atoms with E-state index in [2.05, 4.69) is 73.6 Å². The third-order valence-corrected chi connectivity index (χ3v) is 6.18. The van der Waals surface area contributed by atoms with E-state index < -0.39 is 0 Å². The minimum Gasteiger partial charge on any atom is -0.302 e. The molecule has 3 atom stereocenters. The summed E-state index contributed by atoms with van der Waals surface area (Å²) >= 11 is 6.99. The molecule has 1 fully saturated rings. The summed E-state index contributed by atoms with van der Waals surface area (Å²) < 4.78 is 2.08. The Labute approximate surface area is 176 Å². The van der Waals surface area contributed by atoms with Gasteiger partial charge in [-0.15, -0.1) is 0 Å². The molecule has 3 aromatic carbocycles. The standard InChI is InChI=1S/C23H19Br2NO/c24-18-10-6-15(7-11-18)20-14-21(27)22(16-4-2-1-3-5-16)23(26-20)17-8-12-19(25)13-9-17/h1-13,20,22-23,26H,14H2/t20-,22+,23-/m1/s1. The predicted molar refractivity (Wildman–Crippen MR) is 116 cm³/mol. The van der Waals surface area contributed by atoms with Gasteiger partial charge in [-0.05, 0) is 41.0 Å². The van der Waals surface area contributed by atoms with E-state index in [1.807, 2.05) is 42.5 Å². The van der Waals surface area contributed by atoms with Crippen molar-refractivity contribution in [3.05, 3.63) is 104 Å². The largest absolute Gasteiger partial charge is 0.302 e. The summed E-state index contributed by atoms with van der Waals surface area (Å²) in [4.78, 5) is 13.2. The molecule has 1 heterocycles. The van der Waals surface area contributed by atoms with E-state index in [0.29, 0.717) is 6.42 Å². The van der Waals surface area contributed by atoms with Crippen LogP contribution in [0.15, 0.2) is 87.8 Å². The number of ketones is 1. The van der Waals surface area contributed by atoms with Crippen LogP contribution in [-0.2, 0) is 4.79 Å². The highest BCUT2D eigenvalue weighted by Crippen LogP contribution is 2.41. The van der Waals surface area contributed by atoms with Crippen LogP contribution in [0.25, 0.3) is 0 Å². The summed E-state index contributed by atoms with van der Waals surface area (Å²) in [6.45, 7) is 0. The van der Waals surface area contributed by atoms with Gasteiger partial charge < -0.3 is 5.32 Å². The van der Waals surface area contributed by atoms with E-state index in [-0.39, 0.29) is 23.8 Å². The first-order valence-corrected chi connectivity index (χ1v) is 10.5. The van der Waals surface area contributed by atoms with Crippen molar-refractivity contribution in [2.45, 2.75) is 24.4 Å². The quantitative estimate of drug-likeness (QED) is 0.469. The fraction of sp³-hybridized carbons (Fsp3) is 0.174. The molecule has 27 heavy (non-hydrogen) atoms. The topological polar surface area (TPSA) is 29.1 Å². The van der Waals surface area contributed by atoms with Crippen molar-refractivity contribution in [2.75, 3.05) is 0 Å². The monoisotopic (exact) mass is 483 g/mol. The molecule has 1 aliphatic rings. The first-order chi connectivity index (χ1) is 13.1. The minimum absolute atomic E-state index is 0.0132. The zero-order chi connectivity index (χ0) is 18.8. The van der Waals surface area contributed by atoms with Gasteiger partial charge in [0, 0.05) is 27.4 Å². The van der Waals surface area contributed by atoms with Gasteiger partial charge >= 0.3 is 0 Å². The zero-order valence-corrected chi connectivity index (χ0v) is 17.8. The maximum atomic E-state index is 13.2. The van der Waals surface area contributed by atoms with Crippen molar-refractivity contribution in [3.8, 4) is 0 Å². The molecule has 0 bridgehead atoms. The molecule has 136 valence electrons. The van der Waals surface area contributed by atoms with Crippen molar-refractivity contribution in [2.24, 2.45) is 0 Å². The van der Waals surface area contributed by atoms with Crippen LogP contribution in [-0.4, -0.2) is 5.78 Å². The van der Waals surface area contributed by atoms with Crippen LogP contribution in [0.2, 0.25) is 0 Å². The van der Waals surface area contributed by atoms with E-state index >= 15 is 0 Å². The molecule has 4 rings (SSSR count). The Kier molecular flexibility index (Phi) is 5.58. The summed E-state index contributed by atoms with van der Waals surface area (Å²) in [6, 6.07) is 26.5. The van der Waals surface area contributed by atoms with Gasteiger partial charge in [-0.2, -0.15) is 0 Å². The van der Waals surface area contributed by atoms with Crippen LogP contribution in [0.1, 0.15) is 41.1 Å². The maximum absolute atomic E-state index is 13.2. The Bertz CT molecular complexity index is 923. The SMILES string of the molecule is O=C1C[C@H](c2ccc(Br)cc2)N[C@H](c2ccc(Br)cc2)[C@H]1c1ccccc1. The van der Waals surface area contributed by atoms with Crippen LogP contribution in [0.3, 0.4) is 0 Å². The number of piperidine rings is 1. The first kappa shape index (κ1) is 18.6. The van der Waals surface area contributed by atoms with E-state index in [9.17, 15) is 4.79 Å². The van der Waals surface area contributed by atoms with Crippen molar-refractivity contribution in [3.63, 3.8) is 0 Å². The number of carbonyl (C=O) groups is 1. The molecule has 1 aliphatic heterocycles. The number of rotatable bonds is 3. The lowest BCUT2D eigenvalue weighted by Crippen LogP contribution is -2.41. The normalized spacial score (nSPS) is 22.6. The molecule has 1 saturated heterocycles. The van der Waals surface area contributed by atoms with E-state index in [0.717, 1.165) is 25.6 Å². The number of carbonyl (C=O) groups excluding carboxylic acids is 1. The second kappa shape index (κ2) is 8.09. The molecule has 1 N–H and O–H groups in total. The molecule has 0 saturated carbocycles. The summed E-state index contributed by atoms with van der Waals surface area (Å²) in [5.41, 5.74) is 3.33. The summed E-state index contributed by atoms with van der Waals surface area (Å²) in [7, 11) is 0.